The fourth-order valence-electron chi connectivity index (χ4n) is 2.05. The fourth-order valence-corrected chi connectivity index (χ4v) is 2.39. The third-order valence-corrected chi connectivity index (χ3v) is 3.14. The highest BCUT2D eigenvalue weighted by atomic mass is 35.5. The number of benzene rings is 1. The Morgan fingerprint density at radius 3 is 2.67 bits per heavy atom. The first-order valence-corrected chi connectivity index (χ1v) is 5.01. The summed E-state index contributed by atoms with van der Waals surface area (Å²) in [5.41, 5.74) is -0.721. The van der Waals surface area contributed by atoms with Gasteiger partial charge in [0.15, 0.2) is 0 Å². The Balaban J connectivity index is 2.50. The van der Waals surface area contributed by atoms with Crippen molar-refractivity contribution in [2.45, 2.75) is 24.4 Å². The van der Waals surface area contributed by atoms with Crippen LogP contribution in [0.3, 0.4) is 0 Å². The molecule has 0 aromatic heterocycles. The van der Waals surface area contributed by atoms with Gasteiger partial charge in [-0.15, -0.1) is 0 Å². The van der Waals surface area contributed by atoms with Crippen molar-refractivity contribution in [3.8, 4) is 6.07 Å². The van der Waals surface area contributed by atoms with E-state index >= 15 is 0 Å². The van der Waals surface area contributed by atoms with Crippen LogP contribution in [0.1, 0.15) is 18.4 Å². The molecule has 0 bridgehead atoms. The summed E-state index contributed by atoms with van der Waals surface area (Å²) in [6, 6.07) is 6.40. The van der Waals surface area contributed by atoms with Crippen LogP contribution in [0, 0.1) is 17.1 Å². The topological polar surface area (TPSA) is 44.0 Å². The maximum absolute atomic E-state index is 13.6. The zero-order valence-electron chi connectivity index (χ0n) is 7.87. The molecule has 1 aliphatic carbocycles. The minimum atomic E-state index is -0.943. The van der Waals surface area contributed by atoms with E-state index in [2.05, 4.69) is 6.07 Å². The largest absolute Gasteiger partial charge is 0.393 e. The third-order valence-electron chi connectivity index (χ3n) is 2.82. The molecule has 0 atom stereocenters. The van der Waals surface area contributed by atoms with Gasteiger partial charge in [0, 0.05) is 10.6 Å². The van der Waals surface area contributed by atoms with Crippen molar-refractivity contribution < 1.29 is 9.50 Å². The highest BCUT2D eigenvalue weighted by Crippen LogP contribution is 2.46. The summed E-state index contributed by atoms with van der Waals surface area (Å²) in [6.45, 7) is 0. The van der Waals surface area contributed by atoms with E-state index in [0.29, 0.717) is 0 Å². The maximum Gasteiger partial charge on any atom is 0.129 e. The first-order chi connectivity index (χ1) is 7.09. The lowest BCUT2D eigenvalue weighted by Crippen LogP contribution is -2.44. The number of hydrogen-bond acceptors (Lipinski definition) is 2. The fraction of sp³-hybridized carbons (Fsp3) is 0.364. The average Bonchev–Trinajstić information content (AvgIpc) is 2.14. The molecule has 78 valence electrons. The summed E-state index contributed by atoms with van der Waals surface area (Å²) in [4.78, 5) is 0. The second-order valence-electron chi connectivity index (χ2n) is 3.85. The number of nitriles is 1. The second kappa shape index (κ2) is 3.48. The molecule has 4 heteroatoms. The SMILES string of the molecule is N#CC1(c2c(F)cccc2Cl)CC(O)C1. The van der Waals surface area contributed by atoms with Crippen molar-refractivity contribution in [1.29, 1.82) is 5.26 Å². The average molecular weight is 226 g/mol. The van der Waals surface area contributed by atoms with Gasteiger partial charge in [-0.3, -0.25) is 0 Å². The molecule has 0 spiro atoms. The summed E-state index contributed by atoms with van der Waals surface area (Å²) in [7, 11) is 0. The van der Waals surface area contributed by atoms with E-state index in [0.717, 1.165) is 0 Å². The van der Waals surface area contributed by atoms with E-state index in [1.807, 2.05) is 0 Å². The molecular weight excluding hydrogens is 217 g/mol. The normalized spacial score (nSPS) is 29.3. The van der Waals surface area contributed by atoms with E-state index in [1.165, 1.54) is 12.1 Å². The van der Waals surface area contributed by atoms with Gasteiger partial charge in [0.25, 0.3) is 0 Å². The molecule has 1 fully saturated rings. The van der Waals surface area contributed by atoms with Crippen LogP contribution >= 0.6 is 11.6 Å². The van der Waals surface area contributed by atoms with Gasteiger partial charge in [0.05, 0.1) is 17.6 Å². The van der Waals surface area contributed by atoms with Gasteiger partial charge in [-0.05, 0) is 25.0 Å². The Morgan fingerprint density at radius 2 is 2.20 bits per heavy atom. The minimum absolute atomic E-state index is 0.222. The molecule has 2 nitrogen and oxygen atoms in total. The molecule has 15 heavy (non-hydrogen) atoms. The van der Waals surface area contributed by atoms with E-state index in [4.69, 9.17) is 16.9 Å². The predicted molar refractivity (Wildman–Crippen MR) is 53.9 cm³/mol. The van der Waals surface area contributed by atoms with Crippen LogP contribution in [0.2, 0.25) is 5.02 Å². The van der Waals surface area contributed by atoms with Crippen molar-refractivity contribution in [3.05, 3.63) is 34.6 Å². The quantitative estimate of drug-likeness (QED) is 0.798. The Labute approximate surface area is 91.9 Å². The van der Waals surface area contributed by atoms with Gasteiger partial charge in [-0.2, -0.15) is 5.26 Å². The highest BCUT2D eigenvalue weighted by molar-refractivity contribution is 6.31. The molecule has 0 heterocycles. The van der Waals surface area contributed by atoms with Gasteiger partial charge in [-0.25, -0.2) is 4.39 Å². The lowest BCUT2D eigenvalue weighted by atomic mass is 9.63. The number of rotatable bonds is 1. The molecule has 0 amide bonds. The summed E-state index contributed by atoms with van der Waals surface area (Å²) < 4.78 is 13.6. The highest BCUT2D eigenvalue weighted by Gasteiger charge is 2.48. The van der Waals surface area contributed by atoms with Crippen molar-refractivity contribution >= 4 is 11.6 Å². The molecule has 1 aromatic carbocycles. The van der Waals surface area contributed by atoms with E-state index < -0.39 is 17.3 Å². The second-order valence-corrected chi connectivity index (χ2v) is 4.26. The monoisotopic (exact) mass is 225 g/mol. The van der Waals surface area contributed by atoms with Crippen molar-refractivity contribution in [2.75, 3.05) is 0 Å². The Morgan fingerprint density at radius 1 is 1.53 bits per heavy atom. The van der Waals surface area contributed by atoms with Crippen LogP contribution in [0.5, 0.6) is 0 Å². The Kier molecular flexibility index (Phi) is 2.41. The standard InChI is InChI=1S/C11H9ClFNO/c12-8-2-1-3-9(13)10(8)11(6-14)4-7(15)5-11/h1-3,7,15H,4-5H2. The van der Waals surface area contributed by atoms with Gasteiger partial charge in [0.2, 0.25) is 0 Å². The summed E-state index contributed by atoms with van der Waals surface area (Å²) >= 11 is 5.88. The van der Waals surface area contributed by atoms with Crippen molar-refractivity contribution in [3.63, 3.8) is 0 Å². The van der Waals surface area contributed by atoms with Gasteiger partial charge < -0.3 is 5.11 Å². The first-order valence-electron chi connectivity index (χ1n) is 4.63. The van der Waals surface area contributed by atoms with Gasteiger partial charge in [-0.1, -0.05) is 17.7 Å². The zero-order valence-corrected chi connectivity index (χ0v) is 8.63. The van der Waals surface area contributed by atoms with Crippen LogP contribution < -0.4 is 0 Å². The molecule has 0 saturated heterocycles. The van der Waals surface area contributed by atoms with E-state index in [9.17, 15) is 9.50 Å². The van der Waals surface area contributed by atoms with Crippen LogP contribution in [-0.2, 0) is 5.41 Å². The predicted octanol–water partition coefficient (Wildman–Crippen LogP) is 2.40. The minimum Gasteiger partial charge on any atom is -0.393 e. The van der Waals surface area contributed by atoms with Gasteiger partial charge >= 0.3 is 0 Å². The summed E-state index contributed by atoms with van der Waals surface area (Å²) in [5, 5.41) is 18.6. The van der Waals surface area contributed by atoms with Crippen LogP contribution in [0.15, 0.2) is 18.2 Å². The molecule has 0 aliphatic heterocycles. The molecule has 0 radical (unpaired) electrons. The smallest absolute Gasteiger partial charge is 0.129 e. The van der Waals surface area contributed by atoms with Crippen LogP contribution in [0.4, 0.5) is 4.39 Å². The molecule has 1 saturated carbocycles. The number of halogens is 2. The number of aliphatic hydroxyl groups excluding tert-OH is 1. The Hall–Kier alpha value is -1.11. The molecule has 2 rings (SSSR count). The molecular formula is C11H9ClFNO. The molecule has 0 unspecified atom stereocenters. The van der Waals surface area contributed by atoms with Crippen LogP contribution in [0.25, 0.3) is 0 Å². The Bertz CT molecular complexity index is 414. The molecule has 1 aromatic rings. The number of aliphatic hydroxyl groups is 1. The zero-order chi connectivity index (χ0) is 11.1. The number of nitrogens with zero attached hydrogens (tertiary/aromatic N) is 1. The van der Waals surface area contributed by atoms with Gasteiger partial charge in [0.1, 0.15) is 5.82 Å². The third kappa shape index (κ3) is 1.50. The molecule has 1 aliphatic rings. The lowest BCUT2D eigenvalue weighted by molar-refractivity contribution is 0.0433. The van der Waals surface area contributed by atoms with Crippen LogP contribution in [-0.4, -0.2) is 11.2 Å². The van der Waals surface area contributed by atoms with E-state index in [-0.39, 0.29) is 23.4 Å². The van der Waals surface area contributed by atoms with Crippen molar-refractivity contribution in [2.24, 2.45) is 0 Å². The first kappa shape index (κ1) is 10.4. The summed E-state index contributed by atoms with van der Waals surface area (Å²) in [5.74, 6) is -0.476. The van der Waals surface area contributed by atoms with Crippen molar-refractivity contribution in [1.82, 2.24) is 0 Å². The lowest BCUT2D eigenvalue weighted by Gasteiger charge is -2.40. The summed E-state index contributed by atoms with van der Waals surface area (Å²) in [6.07, 6.45) is -0.0192. The number of hydrogen-bond donors (Lipinski definition) is 1. The molecule has 1 N–H and O–H groups in total. The maximum atomic E-state index is 13.6. The van der Waals surface area contributed by atoms with E-state index in [1.54, 1.807) is 6.07 Å².